The molecule has 2 aliphatic heterocycles. The lowest BCUT2D eigenvalue weighted by molar-refractivity contribution is -0.165. The molecule has 0 spiro atoms. The maximum Gasteiger partial charge on any atom is 0.406 e. The van der Waals surface area contributed by atoms with Gasteiger partial charge in [0.25, 0.3) is 0 Å². The van der Waals surface area contributed by atoms with Gasteiger partial charge in [-0.05, 0) is 42.5 Å². The first kappa shape index (κ1) is 27.4. The lowest BCUT2D eigenvalue weighted by Gasteiger charge is -2.33. The second-order valence-electron chi connectivity index (χ2n) is 10.8. The first-order chi connectivity index (χ1) is 19.5. The van der Waals surface area contributed by atoms with E-state index in [1.807, 2.05) is 20.0 Å². The molecule has 0 radical (unpaired) electrons. The normalized spacial score (nSPS) is 18.7. The summed E-state index contributed by atoms with van der Waals surface area (Å²) in [6, 6.07) is 5.25. The minimum Gasteiger partial charge on any atom is -0.343 e. The van der Waals surface area contributed by atoms with Crippen molar-refractivity contribution < 1.29 is 22.8 Å². The Kier molecular flexibility index (Phi) is 6.83. The molecule has 0 unspecified atom stereocenters. The number of carbonyl (C=O) groups excluding carboxylic acids is 2. The number of benzene rings is 1. The number of likely N-dealkylation sites (tertiary alicyclic amines) is 1. The molecule has 2 amide bonds. The van der Waals surface area contributed by atoms with Gasteiger partial charge in [0, 0.05) is 43.7 Å². The molecule has 2 N–H and O–H groups in total. The Morgan fingerprint density at radius 1 is 1.22 bits per heavy atom. The van der Waals surface area contributed by atoms with Gasteiger partial charge in [-0.25, -0.2) is 9.78 Å². The van der Waals surface area contributed by atoms with E-state index in [0.29, 0.717) is 59.1 Å². The summed E-state index contributed by atoms with van der Waals surface area (Å²) in [4.78, 5) is 48.8. The van der Waals surface area contributed by atoms with Crippen LogP contribution in [0.2, 0.25) is 5.15 Å². The molecule has 1 atom stereocenters. The number of nitrogens with one attached hydrogen (secondary N) is 2. The SMILES string of the molecule is Bc1cc2c(c3c(Cl)n[nH]c13)CN(CC(F)(F)F)C(=O)[C@H](CC(=O)N1CCC(n3c(=O)[nH]c4ncccc43)CC1)C2. The van der Waals surface area contributed by atoms with Crippen molar-refractivity contribution >= 4 is 58.8 Å². The molecule has 214 valence electrons. The summed E-state index contributed by atoms with van der Waals surface area (Å²) in [5.41, 5.74) is 3.52. The van der Waals surface area contributed by atoms with Gasteiger partial charge in [0.05, 0.1) is 17.0 Å². The summed E-state index contributed by atoms with van der Waals surface area (Å²) in [7, 11) is 1.83. The Balaban J connectivity index is 1.23. The Morgan fingerprint density at radius 3 is 2.71 bits per heavy atom. The summed E-state index contributed by atoms with van der Waals surface area (Å²) in [5, 5.41) is 7.46. The summed E-state index contributed by atoms with van der Waals surface area (Å²) in [6.07, 6.45) is -2.08. The summed E-state index contributed by atoms with van der Waals surface area (Å²) in [5.74, 6) is -1.98. The topological polar surface area (TPSA) is 120 Å². The van der Waals surface area contributed by atoms with E-state index in [-0.39, 0.29) is 42.2 Å². The lowest BCUT2D eigenvalue weighted by Crippen LogP contribution is -2.44. The maximum absolute atomic E-state index is 13.5. The average molecular weight is 588 g/mol. The van der Waals surface area contributed by atoms with E-state index in [1.165, 1.54) is 0 Å². The third-order valence-electron chi connectivity index (χ3n) is 8.14. The molecule has 1 fully saturated rings. The van der Waals surface area contributed by atoms with Crippen LogP contribution in [0.5, 0.6) is 0 Å². The Hall–Kier alpha value is -3.81. The highest BCUT2D eigenvalue weighted by Gasteiger charge is 2.40. The van der Waals surface area contributed by atoms with Gasteiger partial charge in [0.1, 0.15) is 14.4 Å². The second-order valence-corrected chi connectivity index (χ2v) is 11.2. The highest BCUT2D eigenvalue weighted by molar-refractivity contribution is 6.41. The number of aromatic nitrogens is 5. The third kappa shape index (κ3) is 5.09. The third-order valence-corrected chi connectivity index (χ3v) is 8.41. The van der Waals surface area contributed by atoms with Crippen molar-refractivity contribution in [2.24, 2.45) is 5.92 Å². The number of aromatic amines is 2. The molecule has 1 saturated heterocycles. The van der Waals surface area contributed by atoms with Gasteiger partial charge in [-0.15, -0.1) is 0 Å². The van der Waals surface area contributed by atoms with Crippen molar-refractivity contribution in [3.63, 3.8) is 0 Å². The van der Waals surface area contributed by atoms with Gasteiger partial charge in [-0.2, -0.15) is 18.3 Å². The lowest BCUT2D eigenvalue weighted by atomic mass is 9.85. The molecule has 6 rings (SSSR count). The van der Waals surface area contributed by atoms with E-state index >= 15 is 0 Å². The first-order valence-electron chi connectivity index (χ1n) is 13.3. The van der Waals surface area contributed by atoms with Crippen LogP contribution in [-0.2, 0) is 22.6 Å². The van der Waals surface area contributed by atoms with E-state index < -0.39 is 24.5 Å². The minimum atomic E-state index is -4.61. The number of piperidine rings is 1. The number of imidazole rings is 1. The van der Waals surface area contributed by atoms with Gasteiger partial charge in [-0.1, -0.05) is 23.1 Å². The van der Waals surface area contributed by atoms with Gasteiger partial charge in [0.15, 0.2) is 10.8 Å². The molecule has 0 saturated carbocycles. The Bertz CT molecular complexity index is 1720. The number of carbonyl (C=O) groups is 2. The molecule has 10 nitrogen and oxygen atoms in total. The number of pyridine rings is 1. The minimum absolute atomic E-state index is 0.112. The molecular formula is C26H26BClF3N7O3. The van der Waals surface area contributed by atoms with Gasteiger partial charge in [-0.3, -0.25) is 24.2 Å². The molecule has 3 aromatic heterocycles. The monoisotopic (exact) mass is 587 g/mol. The van der Waals surface area contributed by atoms with E-state index in [9.17, 15) is 27.6 Å². The summed E-state index contributed by atoms with van der Waals surface area (Å²) >= 11 is 6.31. The van der Waals surface area contributed by atoms with Crippen LogP contribution in [0.4, 0.5) is 13.2 Å². The number of nitrogens with zero attached hydrogens (tertiary/aromatic N) is 5. The van der Waals surface area contributed by atoms with Crippen LogP contribution in [0.25, 0.3) is 22.1 Å². The zero-order chi connectivity index (χ0) is 29.1. The number of alkyl halides is 3. The zero-order valence-corrected chi connectivity index (χ0v) is 22.8. The zero-order valence-electron chi connectivity index (χ0n) is 22.1. The van der Waals surface area contributed by atoms with Crippen LogP contribution >= 0.6 is 11.6 Å². The van der Waals surface area contributed by atoms with Crippen LogP contribution in [0, 0.1) is 5.92 Å². The first-order valence-corrected chi connectivity index (χ1v) is 13.7. The number of H-pyrrole nitrogens is 2. The van der Waals surface area contributed by atoms with Crippen LogP contribution < -0.4 is 11.2 Å². The van der Waals surface area contributed by atoms with Crippen molar-refractivity contribution in [3.05, 3.63) is 51.2 Å². The molecule has 2 aliphatic rings. The van der Waals surface area contributed by atoms with Crippen molar-refractivity contribution in [2.75, 3.05) is 19.6 Å². The predicted molar refractivity (Wildman–Crippen MR) is 148 cm³/mol. The summed E-state index contributed by atoms with van der Waals surface area (Å²) < 4.78 is 42.3. The number of hydrogen-bond acceptors (Lipinski definition) is 5. The predicted octanol–water partition coefficient (Wildman–Crippen LogP) is 1.83. The summed E-state index contributed by atoms with van der Waals surface area (Å²) in [6.45, 7) is -0.998. The smallest absolute Gasteiger partial charge is 0.343 e. The average Bonchev–Trinajstić information content (AvgIpc) is 3.44. The molecule has 0 bridgehead atoms. The van der Waals surface area contributed by atoms with Gasteiger partial charge >= 0.3 is 11.9 Å². The van der Waals surface area contributed by atoms with Crippen molar-refractivity contribution in [1.29, 1.82) is 0 Å². The van der Waals surface area contributed by atoms with E-state index in [0.717, 1.165) is 10.4 Å². The maximum atomic E-state index is 13.5. The van der Waals surface area contributed by atoms with E-state index in [2.05, 4.69) is 20.2 Å². The fourth-order valence-corrected chi connectivity index (χ4v) is 6.50. The number of halogens is 4. The fraction of sp³-hybridized carbons (Fsp3) is 0.423. The van der Waals surface area contributed by atoms with Gasteiger partial charge in [0.2, 0.25) is 11.8 Å². The van der Waals surface area contributed by atoms with Crippen molar-refractivity contribution in [2.45, 2.75) is 44.4 Å². The number of amides is 2. The molecule has 15 heteroatoms. The fourth-order valence-electron chi connectivity index (χ4n) is 6.25. The Labute approximate surface area is 237 Å². The van der Waals surface area contributed by atoms with Gasteiger partial charge < -0.3 is 9.80 Å². The Morgan fingerprint density at radius 2 is 1.98 bits per heavy atom. The molecular weight excluding hydrogens is 562 g/mol. The highest BCUT2D eigenvalue weighted by Crippen LogP contribution is 2.34. The number of rotatable bonds is 4. The van der Waals surface area contributed by atoms with Crippen molar-refractivity contribution in [1.82, 2.24) is 34.5 Å². The van der Waals surface area contributed by atoms with Crippen LogP contribution in [0.1, 0.15) is 36.4 Å². The molecule has 4 aromatic rings. The van der Waals surface area contributed by atoms with E-state index in [1.54, 1.807) is 21.7 Å². The van der Waals surface area contributed by atoms with Crippen molar-refractivity contribution in [3.8, 4) is 0 Å². The van der Waals surface area contributed by atoms with Crippen LogP contribution in [0.3, 0.4) is 0 Å². The highest BCUT2D eigenvalue weighted by atomic mass is 35.5. The molecule has 0 aliphatic carbocycles. The van der Waals surface area contributed by atoms with E-state index in [4.69, 9.17) is 11.6 Å². The molecule has 1 aromatic carbocycles. The number of hydrogen-bond donors (Lipinski definition) is 2. The largest absolute Gasteiger partial charge is 0.406 e. The molecule has 41 heavy (non-hydrogen) atoms. The second kappa shape index (κ2) is 10.2. The standard InChI is InChI=1S/C26H26BClF3N7O3/c27-17-9-13-8-14(24(40)37(12-26(29,30)31)11-16(13)20-21(17)34-35-22(20)28)10-19(39)36-6-3-15(4-7-36)38-18-2-1-5-32-23(18)33-25(38)41/h1-2,5,9,14-15H,3-4,6-8,10-12,27H2,(H,34,35)(H,32,33,41)/t14-/m0/s1. The van der Waals surface area contributed by atoms with Crippen LogP contribution in [0.15, 0.2) is 29.2 Å². The van der Waals surface area contributed by atoms with Crippen LogP contribution in [-0.4, -0.2) is 80.0 Å². The quantitative estimate of drug-likeness (QED) is 0.353. The molecule has 5 heterocycles. The number of fused-ring (bicyclic) bond motifs is 4.